The predicted molar refractivity (Wildman–Crippen MR) is 83.5 cm³/mol. The number of carbonyl (C=O) groups is 1. The second kappa shape index (κ2) is 8.94. The maximum absolute atomic E-state index is 12.0. The topological polar surface area (TPSA) is 75.4 Å². The molecule has 1 amide bonds. The van der Waals surface area contributed by atoms with Gasteiger partial charge in [0.05, 0.1) is 0 Å². The molecule has 2 rings (SSSR count). The second-order valence-electron chi connectivity index (χ2n) is 4.50. The molecule has 1 aliphatic rings. The molecule has 20 heavy (non-hydrogen) atoms. The molecule has 1 atom stereocenters. The van der Waals surface area contributed by atoms with Gasteiger partial charge in [-0.1, -0.05) is 6.92 Å². The number of nitrogens with two attached hydrogens (primary N) is 1. The van der Waals surface area contributed by atoms with Crippen LogP contribution in [0.25, 0.3) is 0 Å². The number of nitrogens with zero attached hydrogens (tertiary/aromatic N) is 4. The minimum absolute atomic E-state index is 0. The number of anilines is 1. The van der Waals surface area contributed by atoms with E-state index in [1.54, 1.807) is 18.5 Å². The van der Waals surface area contributed by atoms with Gasteiger partial charge in [-0.3, -0.25) is 4.79 Å². The Kier molecular flexibility index (Phi) is 8.45. The number of piperazine rings is 1. The number of amides is 1. The molecule has 0 aliphatic carbocycles. The number of hydrogen-bond donors (Lipinski definition) is 1. The van der Waals surface area contributed by atoms with Crippen LogP contribution in [-0.4, -0.2) is 53.5 Å². The van der Waals surface area contributed by atoms with Gasteiger partial charge in [0, 0.05) is 51.0 Å². The van der Waals surface area contributed by atoms with Crippen molar-refractivity contribution in [2.45, 2.75) is 6.92 Å². The lowest BCUT2D eigenvalue weighted by Crippen LogP contribution is -2.51. The SMILES string of the molecule is CC(CN)C(=O)N1CCN(c2ncccn2)CC1.Cl.Cl. The van der Waals surface area contributed by atoms with E-state index in [1.807, 2.05) is 11.8 Å². The molecule has 1 aliphatic heterocycles. The Morgan fingerprint density at radius 2 is 1.80 bits per heavy atom. The Morgan fingerprint density at radius 3 is 2.30 bits per heavy atom. The normalized spacial score (nSPS) is 15.9. The van der Waals surface area contributed by atoms with Crippen LogP contribution in [0.1, 0.15) is 6.92 Å². The third kappa shape index (κ3) is 4.47. The molecule has 114 valence electrons. The highest BCUT2D eigenvalue weighted by Gasteiger charge is 2.24. The Bertz CT molecular complexity index is 398. The minimum atomic E-state index is -0.0930. The van der Waals surface area contributed by atoms with Gasteiger partial charge in [0.15, 0.2) is 0 Å². The summed E-state index contributed by atoms with van der Waals surface area (Å²) in [7, 11) is 0. The molecule has 2 N–H and O–H groups in total. The lowest BCUT2D eigenvalue weighted by molar-refractivity contribution is -0.134. The molecule has 1 aromatic rings. The van der Waals surface area contributed by atoms with E-state index in [0.717, 1.165) is 19.0 Å². The molecule has 0 saturated carbocycles. The van der Waals surface area contributed by atoms with Gasteiger partial charge in [0.25, 0.3) is 0 Å². The monoisotopic (exact) mass is 321 g/mol. The molecule has 0 spiro atoms. The fraction of sp³-hybridized carbons (Fsp3) is 0.583. The molecule has 0 aromatic carbocycles. The fourth-order valence-electron chi connectivity index (χ4n) is 1.99. The number of rotatable bonds is 3. The predicted octanol–water partition coefficient (Wildman–Crippen LogP) is 0.564. The number of halogens is 2. The summed E-state index contributed by atoms with van der Waals surface area (Å²) in [6, 6.07) is 1.80. The summed E-state index contributed by atoms with van der Waals surface area (Å²) < 4.78 is 0. The van der Waals surface area contributed by atoms with Crippen molar-refractivity contribution in [2.24, 2.45) is 11.7 Å². The van der Waals surface area contributed by atoms with Crippen molar-refractivity contribution in [3.63, 3.8) is 0 Å². The first-order valence-corrected chi connectivity index (χ1v) is 6.23. The summed E-state index contributed by atoms with van der Waals surface area (Å²) in [6.45, 7) is 5.23. The zero-order valence-electron chi connectivity index (χ0n) is 11.4. The van der Waals surface area contributed by atoms with Crippen LogP contribution >= 0.6 is 24.8 Å². The summed E-state index contributed by atoms with van der Waals surface area (Å²) in [5.41, 5.74) is 5.52. The lowest BCUT2D eigenvalue weighted by Gasteiger charge is -2.35. The van der Waals surface area contributed by atoms with E-state index >= 15 is 0 Å². The zero-order valence-corrected chi connectivity index (χ0v) is 13.1. The summed E-state index contributed by atoms with van der Waals surface area (Å²) in [4.78, 5) is 24.4. The first kappa shape index (κ1) is 18.9. The largest absolute Gasteiger partial charge is 0.339 e. The van der Waals surface area contributed by atoms with Crippen molar-refractivity contribution in [1.82, 2.24) is 14.9 Å². The van der Waals surface area contributed by atoms with Gasteiger partial charge in [-0.15, -0.1) is 24.8 Å². The van der Waals surface area contributed by atoms with E-state index in [0.29, 0.717) is 19.6 Å². The first-order valence-electron chi connectivity index (χ1n) is 6.23. The highest BCUT2D eigenvalue weighted by Crippen LogP contribution is 2.11. The highest BCUT2D eigenvalue weighted by molar-refractivity contribution is 5.85. The summed E-state index contributed by atoms with van der Waals surface area (Å²) in [5, 5.41) is 0. The van der Waals surface area contributed by atoms with Crippen LogP contribution in [0, 0.1) is 5.92 Å². The summed E-state index contributed by atoms with van der Waals surface area (Å²) in [6.07, 6.45) is 3.46. The van der Waals surface area contributed by atoms with Gasteiger partial charge in [0.1, 0.15) is 0 Å². The minimum Gasteiger partial charge on any atom is -0.339 e. The van der Waals surface area contributed by atoms with E-state index in [-0.39, 0.29) is 36.6 Å². The van der Waals surface area contributed by atoms with Crippen LogP contribution < -0.4 is 10.6 Å². The Morgan fingerprint density at radius 1 is 1.25 bits per heavy atom. The molecule has 2 heterocycles. The Labute approximate surface area is 131 Å². The van der Waals surface area contributed by atoms with Crippen LogP contribution in [0.3, 0.4) is 0 Å². The van der Waals surface area contributed by atoms with Crippen molar-refractivity contribution in [2.75, 3.05) is 37.6 Å². The maximum Gasteiger partial charge on any atom is 0.226 e. The van der Waals surface area contributed by atoms with Gasteiger partial charge in [-0.2, -0.15) is 0 Å². The van der Waals surface area contributed by atoms with Crippen LogP contribution in [0.4, 0.5) is 5.95 Å². The van der Waals surface area contributed by atoms with Crippen LogP contribution in [0.2, 0.25) is 0 Å². The van der Waals surface area contributed by atoms with Gasteiger partial charge in [-0.25, -0.2) is 9.97 Å². The van der Waals surface area contributed by atoms with Crippen molar-refractivity contribution in [3.8, 4) is 0 Å². The molecular formula is C12H21Cl2N5O. The van der Waals surface area contributed by atoms with Gasteiger partial charge in [0.2, 0.25) is 11.9 Å². The zero-order chi connectivity index (χ0) is 13.0. The molecular weight excluding hydrogens is 301 g/mol. The molecule has 8 heteroatoms. The van der Waals surface area contributed by atoms with Gasteiger partial charge < -0.3 is 15.5 Å². The molecule has 1 saturated heterocycles. The fourth-order valence-corrected chi connectivity index (χ4v) is 1.99. The highest BCUT2D eigenvalue weighted by atomic mass is 35.5. The number of hydrogen-bond acceptors (Lipinski definition) is 5. The molecule has 1 aromatic heterocycles. The smallest absolute Gasteiger partial charge is 0.226 e. The van der Waals surface area contributed by atoms with E-state index in [2.05, 4.69) is 14.9 Å². The van der Waals surface area contributed by atoms with Crippen molar-refractivity contribution in [1.29, 1.82) is 0 Å². The third-order valence-corrected chi connectivity index (χ3v) is 3.20. The van der Waals surface area contributed by atoms with Gasteiger partial charge >= 0.3 is 0 Å². The molecule has 6 nitrogen and oxygen atoms in total. The lowest BCUT2D eigenvalue weighted by atomic mass is 10.1. The van der Waals surface area contributed by atoms with E-state index in [4.69, 9.17) is 5.73 Å². The van der Waals surface area contributed by atoms with E-state index in [9.17, 15) is 4.79 Å². The molecule has 0 bridgehead atoms. The van der Waals surface area contributed by atoms with Crippen LogP contribution in [0.5, 0.6) is 0 Å². The summed E-state index contributed by atoms with van der Waals surface area (Å²) >= 11 is 0. The van der Waals surface area contributed by atoms with Crippen LogP contribution in [-0.2, 0) is 4.79 Å². The third-order valence-electron chi connectivity index (χ3n) is 3.20. The Hall–Kier alpha value is -1.11. The van der Waals surface area contributed by atoms with E-state index in [1.165, 1.54) is 0 Å². The molecule has 1 fully saturated rings. The second-order valence-corrected chi connectivity index (χ2v) is 4.50. The quantitative estimate of drug-likeness (QED) is 0.880. The van der Waals surface area contributed by atoms with Crippen molar-refractivity contribution < 1.29 is 4.79 Å². The average Bonchev–Trinajstić information content (AvgIpc) is 2.47. The number of aromatic nitrogens is 2. The maximum atomic E-state index is 12.0. The van der Waals surface area contributed by atoms with Crippen LogP contribution in [0.15, 0.2) is 18.5 Å². The first-order chi connectivity index (χ1) is 8.72. The standard InChI is InChI=1S/C12H19N5O.2ClH/c1-10(9-13)11(18)16-5-7-17(8-6-16)12-14-3-2-4-15-12;;/h2-4,10H,5-9,13H2,1H3;2*1H. The van der Waals surface area contributed by atoms with Crippen molar-refractivity contribution >= 4 is 36.7 Å². The van der Waals surface area contributed by atoms with Crippen molar-refractivity contribution in [3.05, 3.63) is 18.5 Å². The molecule has 0 radical (unpaired) electrons. The Balaban J connectivity index is 0.00000180. The number of carbonyl (C=O) groups excluding carboxylic acids is 1. The van der Waals surface area contributed by atoms with Gasteiger partial charge in [-0.05, 0) is 6.07 Å². The van der Waals surface area contributed by atoms with E-state index < -0.39 is 0 Å². The average molecular weight is 322 g/mol. The molecule has 1 unspecified atom stereocenters. The summed E-state index contributed by atoms with van der Waals surface area (Å²) in [5.74, 6) is 0.784.